The largest absolute Gasteiger partial charge is 0.466 e. The molecule has 0 atom stereocenters. The van der Waals surface area contributed by atoms with E-state index in [1.165, 1.54) is 7.11 Å². The number of esters is 2. The maximum absolute atomic E-state index is 10.9. The first-order valence-electron chi connectivity index (χ1n) is 3.74. The zero-order valence-corrected chi connectivity index (χ0v) is 7.91. The topological polar surface area (TPSA) is 72.8 Å². The van der Waals surface area contributed by atoms with Crippen molar-refractivity contribution in [2.75, 3.05) is 20.3 Å². The normalized spacial score (nSPS) is 9.00. The van der Waals surface area contributed by atoms with Crippen molar-refractivity contribution in [1.29, 1.82) is 0 Å². The molecule has 0 bridgehead atoms. The van der Waals surface area contributed by atoms with E-state index in [9.17, 15) is 9.59 Å². The van der Waals surface area contributed by atoms with Gasteiger partial charge in [-0.15, -0.1) is 0 Å². The Bertz CT molecular complexity index is 238. The molecule has 78 valence electrons. The van der Waals surface area contributed by atoms with Crippen molar-refractivity contribution in [2.24, 2.45) is 0 Å². The molecule has 0 amide bonds. The van der Waals surface area contributed by atoms with Crippen molar-refractivity contribution < 1.29 is 24.2 Å². The van der Waals surface area contributed by atoms with Gasteiger partial charge < -0.3 is 14.6 Å². The third-order valence-corrected chi connectivity index (χ3v) is 1.33. The van der Waals surface area contributed by atoms with Gasteiger partial charge in [0.05, 0.1) is 24.9 Å². The molecule has 0 unspecified atom stereocenters. The first-order chi connectivity index (χ1) is 6.52. The lowest BCUT2D eigenvalue weighted by atomic mass is 10.3. The molecule has 5 heteroatoms. The number of carbonyl (C=O) groups excluding carboxylic acids is 2. The highest BCUT2D eigenvalue weighted by atomic mass is 16.5. The van der Waals surface area contributed by atoms with Crippen LogP contribution in [0.15, 0.2) is 24.3 Å². The van der Waals surface area contributed by atoms with Gasteiger partial charge in [0.1, 0.15) is 6.61 Å². The van der Waals surface area contributed by atoms with Crippen LogP contribution in [-0.4, -0.2) is 37.4 Å². The molecule has 0 spiro atoms. The van der Waals surface area contributed by atoms with Crippen molar-refractivity contribution in [2.45, 2.75) is 0 Å². The maximum atomic E-state index is 10.9. The second kappa shape index (κ2) is 5.93. The van der Waals surface area contributed by atoms with E-state index in [0.29, 0.717) is 0 Å². The highest BCUT2D eigenvalue weighted by Crippen LogP contribution is 1.98. The fourth-order valence-electron chi connectivity index (χ4n) is 0.523. The summed E-state index contributed by atoms with van der Waals surface area (Å²) in [5.41, 5.74) is -0.0609. The Morgan fingerprint density at radius 1 is 1.21 bits per heavy atom. The van der Waals surface area contributed by atoms with Crippen LogP contribution in [0.4, 0.5) is 0 Å². The van der Waals surface area contributed by atoms with E-state index in [1.807, 2.05) is 0 Å². The summed E-state index contributed by atoms with van der Waals surface area (Å²) in [5.74, 6) is -1.41. The van der Waals surface area contributed by atoms with Gasteiger partial charge >= 0.3 is 11.9 Å². The fourth-order valence-corrected chi connectivity index (χ4v) is 0.523. The third kappa shape index (κ3) is 3.86. The molecular formula is C9H12O5. The van der Waals surface area contributed by atoms with Gasteiger partial charge in [0.15, 0.2) is 0 Å². The zero-order valence-electron chi connectivity index (χ0n) is 7.91. The number of hydrogen-bond acceptors (Lipinski definition) is 5. The summed E-state index contributed by atoms with van der Waals surface area (Å²) in [5, 5.41) is 8.51. The molecule has 0 saturated carbocycles. The van der Waals surface area contributed by atoms with Crippen LogP contribution >= 0.6 is 0 Å². The minimum atomic E-state index is -0.766. The standard InChI is InChI=1S/C9H12O5/c1-6(4-10)9(12)14-5-7(2)8(11)13-3/h10H,1-2,4-5H2,3H3. The monoisotopic (exact) mass is 200 g/mol. The third-order valence-electron chi connectivity index (χ3n) is 1.33. The van der Waals surface area contributed by atoms with E-state index in [-0.39, 0.29) is 17.8 Å². The van der Waals surface area contributed by atoms with Gasteiger partial charge in [0.25, 0.3) is 0 Å². The van der Waals surface area contributed by atoms with Gasteiger partial charge in [0, 0.05) is 0 Å². The Kier molecular flexibility index (Phi) is 5.24. The average Bonchev–Trinajstić information content (AvgIpc) is 2.22. The molecule has 0 aliphatic heterocycles. The molecule has 14 heavy (non-hydrogen) atoms. The van der Waals surface area contributed by atoms with E-state index in [4.69, 9.17) is 5.11 Å². The van der Waals surface area contributed by atoms with Gasteiger partial charge in [0.2, 0.25) is 0 Å². The van der Waals surface area contributed by atoms with Gasteiger partial charge in [-0.1, -0.05) is 13.2 Å². The van der Waals surface area contributed by atoms with Crippen LogP contribution in [0, 0.1) is 0 Å². The van der Waals surface area contributed by atoms with Crippen LogP contribution in [0.5, 0.6) is 0 Å². The van der Waals surface area contributed by atoms with Gasteiger partial charge in [-0.25, -0.2) is 9.59 Å². The molecule has 0 aromatic heterocycles. The number of carbonyl (C=O) groups is 2. The van der Waals surface area contributed by atoms with Crippen LogP contribution in [0.2, 0.25) is 0 Å². The summed E-state index contributed by atoms with van der Waals surface area (Å²) in [4.78, 5) is 21.7. The first kappa shape index (κ1) is 12.4. The number of methoxy groups -OCH3 is 1. The van der Waals surface area contributed by atoms with Crippen LogP contribution in [0.25, 0.3) is 0 Å². The molecule has 0 aromatic rings. The van der Waals surface area contributed by atoms with E-state index in [0.717, 1.165) is 0 Å². The number of hydrogen-bond donors (Lipinski definition) is 1. The van der Waals surface area contributed by atoms with Crippen molar-refractivity contribution in [3.63, 3.8) is 0 Å². The lowest BCUT2D eigenvalue weighted by Gasteiger charge is -2.05. The zero-order chi connectivity index (χ0) is 11.1. The quantitative estimate of drug-likeness (QED) is 0.491. The molecule has 0 rings (SSSR count). The molecular weight excluding hydrogens is 188 g/mol. The Morgan fingerprint density at radius 3 is 2.21 bits per heavy atom. The second-order valence-corrected chi connectivity index (χ2v) is 2.43. The van der Waals surface area contributed by atoms with E-state index in [2.05, 4.69) is 22.6 Å². The Hall–Kier alpha value is -1.62. The summed E-state index contributed by atoms with van der Waals surface area (Å²) in [6, 6.07) is 0. The van der Waals surface area contributed by atoms with Crippen molar-refractivity contribution in [3.8, 4) is 0 Å². The van der Waals surface area contributed by atoms with Crippen molar-refractivity contribution in [3.05, 3.63) is 24.3 Å². The highest BCUT2D eigenvalue weighted by molar-refractivity contribution is 5.90. The molecule has 0 aliphatic carbocycles. The number of aliphatic hydroxyl groups excluding tert-OH is 1. The molecule has 0 heterocycles. The summed E-state index contributed by atoms with van der Waals surface area (Å²) in [6.45, 7) is 5.83. The summed E-state index contributed by atoms with van der Waals surface area (Å²) in [6.07, 6.45) is 0. The van der Waals surface area contributed by atoms with Crippen LogP contribution in [0.3, 0.4) is 0 Å². The molecule has 5 nitrogen and oxygen atoms in total. The van der Waals surface area contributed by atoms with Crippen LogP contribution in [0.1, 0.15) is 0 Å². The van der Waals surface area contributed by atoms with E-state index in [1.54, 1.807) is 0 Å². The smallest absolute Gasteiger partial charge is 0.336 e. The highest BCUT2D eigenvalue weighted by Gasteiger charge is 2.11. The second-order valence-electron chi connectivity index (χ2n) is 2.43. The van der Waals surface area contributed by atoms with Gasteiger partial charge in [-0.2, -0.15) is 0 Å². The van der Waals surface area contributed by atoms with Crippen molar-refractivity contribution in [1.82, 2.24) is 0 Å². The van der Waals surface area contributed by atoms with Crippen LogP contribution in [-0.2, 0) is 19.1 Å². The number of aliphatic hydroxyl groups is 1. The predicted molar refractivity (Wildman–Crippen MR) is 48.3 cm³/mol. The summed E-state index contributed by atoms with van der Waals surface area (Å²) < 4.78 is 8.91. The molecule has 0 saturated heterocycles. The fraction of sp³-hybridized carbons (Fsp3) is 0.333. The van der Waals surface area contributed by atoms with Gasteiger partial charge in [-0.3, -0.25) is 0 Å². The minimum absolute atomic E-state index is 0.0200. The van der Waals surface area contributed by atoms with E-state index < -0.39 is 18.5 Å². The molecule has 1 N–H and O–H groups in total. The lowest BCUT2D eigenvalue weighted by molar-refractivity contribution is -0.141. The summed E-state index contributed by atoms with van der Waals surface area (Å²) >= 11 is 0. The molecule has 0 aromatic carbocycles. The minimum Gasteiger partial charge on any atom is -0.466 e. The van der Waals surface area contributed by atoms with Crippen molar-refractivity contribution >= 4 is 11.9 Å². The molecule has 0 aliphatic rings. The lowest BCUT2D eigenvalue weighted by Crippen LogP contribution is -2.15. The number of ether oxygens (including phenoxy) is 2. The van der Waals surface area contributed by atoms with Gasteiger partial charge in [-0.05, 0) is 0 Å². The molecule has 0 fully saturated rings. The molecule has 0 radical (unpaired) electrons. The predicted octanol–water partition coefficient (Wildman–Crippen LogP) is -0.193. The summed E-state index contributed by atoms with van der Waals surface area (Å²) in [7, 11) is 1.20. The Morgan fingerprint density at radius 2 is 1.79 bits per heavy atom. The Labute approximate surface area is 81.6 Å². The average molecular weight is 200 g/mol. The SMILES string of the molecule is C=C(COC(=O)C(=C)CO)C(=O)OC. The maximum Gasteiger partial charge on any atom is 0.336 e. The van der Waals surface area contributed by atoms with E-state index >= 15 is 0 Å². The Balaban J connectivity index is 3.95. The van der Waals surface area contributed by atoms with Crippen LogP contribution < -0.4 is 0 Å². The number of rotatable bonds is 5. The first-order valence-corrected chi connectivity index (χ1v) is 3.74.